The van der Waals surface area contributed by atoms with Gasteiger partial charge >= 0.3 is 5.97 Å². The SMILES string of the molecule is CCn1cc(NC(=S)Nc2cnn(Cc3cccc(Cl)c3)c2)c(C(=O)OC(C)C)n1. The van der Waals surface area contributed by atoms with E-state index in [1.807, 2.05) is 37.4 Å². The molecule has 0 aliphatic heterocycles. The molecule has 0 aliphatic rings. The maximum absolute atomic E-state index is 12.3. The van der Waals surface area contributed by atoms with Gasteiger partial charge in [-0.25, -0.2) is 4.79 Å². The Labute approximate surface area is 185 Å². The zero-order chi connectivity index (χ0) is 21.7. The number of benzene rings is 1. The van der Waals surface area contributed by atoms with Crippen molar-refractivity contribution in [1.29, 1.82) is 0 Å². The highest BCUT2D eigenvalue weighted by Gasteiger charge is 2.20. The molecule has 0 unspecified atom stereocenters. The van der Waals surface area contributed by atoms with E-state index >= 15 is 0 Å². The average molecular weight is 447 g/mol. The molecule has 2 N–H and O–H groups in total. The van der Waals surface area contributed by atoms with E-state index in [0.29, 0.717) is 34.6 Å². The normalized spacial score (nSPS) is 10.8. The van der Waals surface area contributed by atoms with E-state index in [2.05, 4.69) is 20.8 Å². The molecule has 0 bridgehead atoms. The van der Waals surface area contributed by atoms with E-state index < -0.39 is 5.97 Å². The number of hydrogen-bond acceptors (Lipinski definition) is 5. The highest BCUT2D eigenvalue weighted by molar-refractivity contribution is 7.80. The van der Waals surface area contributed by atoms with Crippen molar-refractivity contribution in [2.45, 2.75) is 40.0 Å². The molecule has 10 heteroatoms. The largest absolute Gasteiger partial charge is 0.458 e. The summed E-state index contributed by atoms with van der Waals surface area (Å²) in [6, 6.07) is 7.61. The molecule has 158 valence electrons. The van der Waals surface area contributed by atoms with Gasteiger partial charge in [0, 0.05) is 24.0 Å². The van der Waals surface area contributed by atoms with Crippen LogP contribution in [0.2, 0.25) is 5.02 Å². The monoisotopic (exact) mass is 446 g/mol. The predicted octanol–water partition coefficient (Wildman–Crippen LogP) is 4.18. The molecule has 0 fully saturated rings. The summed E-state index contributed by atoms with van der Waals surface area (Å²) in [7, 11) is 0. The zero-order valence-corrected chi connectivity index (χ0v) is 18.5. The molecule has 1 aromatic carbocycles. The maximum atomic E-state index is 12.3. The van der Waals surface area contributed by atoms with Crippen LogP contribution in [0.15, 0.2) is 42.9 Å². The average Bonchev–Trinajstić information content (AvgIpc) is 3.27. The summed E-state index contributed by atoms with van der Waals surface area (Å²) in [6.45, 7) is 6.69. The smallest absolute Gasteiger partial charge is 0.361 e. The molecule has 0 aliphatic carbocycles. The lowest BCUT2D eigenvalue weighted by atomic mass is 10.2. The summed E-state index contributed by atoms with van der Waals surface area (Å²) >= 11 is 11.4. The number of carbonyl (C=O) groups is 1. The Balaban J connectivity index is 1.65. The first-order chi connectivity index (χ1) is 14.3. The Morgan fingerprint density at radius 1 is 1.27 bits per heavy atom. The number of hydrogen-bond donors (Lipinski definition) is 2. The molecule has 0 saturated carbocycles. The quantitative estimate of drug-likeness (QED) is 0.416. The van der Waals surface area contributed by atoms with Crippen LogP contribution in [0.3, 0.4) is 0 Å². The Hall–Kier alpha value is -2.91. The van der Waals surface area contributed by atoms with Gasteiger partial charge in [0.1, 0.15) is 0 Å². The fraction of sp³-hybridized carbons (Fsp3) is 0.300. The van der Waals surface area contributed by atoms with Crippen molar-refractivity contribution in [3.05, 3.63) is 59.1 Å². The van der Waals surface area contributed by atoms with Gasteiger partial charge in [-0.3, -0.25) is 9.36 Å². The number of aryl methyl sites for hydroxylation is 1. The highest BCUT2D eigenvalue weighted by atomic mass is 35.5. The molecule has 2 heterocycles. The standard InChI is InChI=1S/C20H23ClN6O2S/c1-4-26-12-17(18(25-26)19(28)29-13(2)3)24-20(30)23-16-9-22-27(11-16)10-14-6-5-7-15(21)8-14/h5-9,11-13H,4,10H2,1-3H3,(H2,23,24,30). The number of ether oxygens (including phenoxy) is 1. The molecule has 2 aromatic heterocycles. The number of nitrogens with one attached hydrogen (secondary N) is 2. The minimum absolute atomic E-state index is 0.186. The Morgan fingerprint density at radius 2 is 2.07 bits per heavy atom. The van der Waals surface area contributed by atoms with Crippen LogP contribution >= 0.6 is 23.8 Å². The molecule has 0 spiro atoms. The minimum atomic E-state index is -0.503. The highest BCUT2D eigenvalue weighted by Crippen LogP contribution is 2.17. The fourth-order valence-corrected chi connectivity index (χ4v) is 3.16. The summed E-state index contributed by atoms with van der Waals surface area (Å²) in [6.07, 6.45) is 4.97. The Bertz CT molecular complexity index is 1050. The fourth-order valence-electron chi connectivity index (χ4n) is 2.72. The molecule has 8 nitrogen and oxygen atoms in total. The molecule has 30 heavy (non-hydrogen) atoms. The van der Waals surface area contributed by atoms with Crippen LogP contribution in [0.5, 0.6) is 0 Å². The first kappa shape index (κ1) is 21.8. The van der Waals surface area contributed by atoms with Gasteiger partial charge in [0.15, 0.2) is 10.8 Å². The van der Waals surface area contributed by atoms with Crippen LogP contribution in [0, 0.1) is 0 Å². The molecular formula is C20H23ClN6O2S. The first-order valence-electron chi connectivity index (χ1n) is 9.47. The molecule has 3 rings (SSSR count). The van der Waals surface area contributed by atoms with E-state index in [0.717, 1.165) is 5.56 Å². The topological polar surface area (TPSA) is 86.0 Å². The number of nitrogens with zero attached hydrogens (tertiary/aromatic N) is 4. The summed E-state index contributed by atoms with van der Waals surface area (Å²) in [5.74, 6) is -0.503. The minimum Gasteiger partial charge on any atom is -0.458 e. The number of carbonyl (C=O) groups excluding carboxylic acids is 1. The lowest BCUT2D eigenvalue weighted by Crippen LogP contribution is -2.21. The van der Waals surface area contributed by atoms with Gasteiger partial charge in [-0.05, 0) is 50.7 Å². The Kier molecular flexibility index (Phi) is 7.07. The van der Waals surface area contributed by atoms with Crippen molar-refractivity contribution in [2.24, 2.45) is 0 Å². The molecular weight excluding hydrogens is 424 g/mol. The van der Waals surface area contributed by atoms with Crippen molar-refractivity contribution in [3.8, 4) is 0 Å². The second-order valence-corrected chi connectivity index (χ2v) is 7.68. The molecule has 0 amide bonds. The van der Waals surface area contributed by atoms with E-state index in [1.165, 1.54) is 0 Å². The summed E-state index contributed by atoms with van der Waals surface area (Å²) < 4.78 is 8.68. The molecule has 0 radical (unpaired) electrons. The molecule has 3 aromatic rings. The van der Waals surface area contributed by atoms with Gasteiger partial charge in [-0.2, -0.15) is 10.2 Å². The van der Waals surface area contributed by atoms with Crippen LogP contribution in [0.1, 0.15) is 36.8 Å². The van der Waals surface area contributed by atoms with Crippen molar-refractivity contribution < 1.29 is 9.53 Å². The lowest BCUT2D eigenvalue weighted by Gasteiger charge is -2.10. The van der Waals surface area contributed by atoms with Gasteiger partial charge in [-0.15, -0.1) is 0 Å². The number of anilines is 2. The third-order valence-corrected chi connectivity index (χ3v) is 4.43. The van der Waals surface area contributed by atoms with Gasteiger partial charge in [0.25, 0.3) is 0 Å². The van der Waals surface area contributed by atoms with E-state index in [4.69, 9.17) is 28.6 Å². The number of thiocarbonyl (C=S) groups is 1. The maximum Gasteiger partial charge on any atom is 0.361 e. The van der Waals surface area contributed by atoms with Crippen molar-refractivity contribution >= 4 is 46.3 Å². The zero-order valence-electron chi connectivity index (χ0n) is 16.9. The molecule has 0 saturated heterocycles. The predicted molar refractivity (Wildman–Crippen MR) is 121 cm³/mol. The van der Waals surface area contributed by atoms with Crippen LogP contribution < -0.4 is 10.6 Å². The van der Waals surface area contributed by atoms with Gasteiger partial charge in [-0.1, -0.05) is 23.7 Å². The van der Waals surface area contributed by atoms with Crippen molar-refractivity contribution in [3.63, 3.8) is 0 Å². The summed E-state index contributed by atoms with van der Waals surface area (Å²) in [5, 5.41) is 15.7. The summed E-state index contributed by atoms with van der Waals surface area (Å²) in [5.41, 5.74) is 2.42. The van der Waals surface area contributed by atoms with Crippen LogP contribution in [-0.2, 0) is 17.8 Å². The molecule has 0 atom stereocenters. The lowest BCUT2D eigenvalue weighted by molar-refractivity contribution is 0.0371. The van der Waals surface area contributed by atoms with E-state index in [-0.39, 0.29) is 11.8 Å². The van der Waals surface area contributed by atoms with E-state index in [1.54, 1.807) is 35.6 Å². The number of esters is 1. The third kappa shape index (κ3) is 5.80. The van der Waals surface area contributed by atoms with Gasteiger partial charge in [0.2, 0.25) is 0 Å². The second kappa shape index (κ2) is 9.73. The summed E-state index contributed by atoms with van der Waals surface area (Å²) in [4.78, 5) is 12.3. The van der Waals surface area contributed by atoms with E-state index in [9.17, 15) is 4.79 Å². The van der Waals surface area contributed by atoms with Crippen LogP contribution in [0.25, 0.3) is 0 Å². The van der Waals surface area contributed by atoms with Crippen molar-refractivity contribution in [2.75, 3.05) is 10.6 Å². The van der Waals surface area contributed by atoms with Gasteiger partial charge < -0.3 is 15.4 Å². The number of halogens is 1. The first-order valence-corrected chi connectivity index (χ1v) is 10.3. The van der Waals surface area contributed by atoms with Crippen LogP contribution in [-0.4, -0.2) is 36.7 Å². The number of rotatable bonds is 7. The number of aromatic nitrogens is 4. The van der Waals surface area contributed by atoms with Gasteiger partial charge in [0.05, 0.1) is 30.2 Å². The van der Waals surface area contributed by atoms with Crippen molar-refractivity contribution in [1.82, 2.24) is 19.6 Å². The third-order valence-electron chi connectivity index (χ3n) is 3.99. The van der Waals surface area contributed by atoms with Crippen LogP contribution in [0.4, 0.5) is 11.4 Å². The second-order valence-electron chi connectivity index (χ2n) is 6.84. The Morgan fingerprint density at radius 3 is 2.77 bits per heavy atom.